The Labute approximate surface area is 120 Å². The van der Waals surface area contributed by atoms with Crippen LogP contribution in [0, 0.1) is 11.3 Å². The van der Waals surface area contributed by atoms with Crippen molar-refractivity contribution < 1.29 is 4.39 Å². The van der Waals surface area contributed by atoms with Crippen molar-refractivity contribution in [3.63, 3.8) is 0 Å². The van der Waals surface area contributed by atoms with Crippen LogP contribution in [-0.4, -0.2) is 14.5 Å². The van der Waals surface area contributed by atoms with Gasteiger partial charge in [0.15, 0.2) is 0 Å². The van der Waals surface area contributed by atoms with Gasteiger partial charge in [0.25, 0.3) is 0 Å². The summed E-state index contributed by atoms with van der Waals surface area (Å²) in [6.45, 7) is 3.41. The van der Waals surface area contributed by atoms with Crippen LogP contribution in [0.1, 0.15) is 13.8 Å². The van der Waals surface area contributed by atoms with Gasteiger partial charge < -0.3 is 4.57 Å². The van der Waals surface area contributed by atoms with Crippen molar-refractivity contribution in [2.24, 2.45) is 0 Å². The summed E-state index contributed by atoms with van der Waals surface area (Å²) < 4.78 is 15.3. The molecule has 0 atom stereocenters. The molecule has 0 amide bonds. The van der Waals surface area contributed by atoms with Crippen LogP contribution in [0.2, 0.25) is 5.15 Å². The molecule has 2 aromatic heterocycles. The number of allylic oxidation sites excluding steroid dienone is 4. The number of aromatic nitrogens is 3. The number of hydrogen-bond donors (Lipinski definition) is 0. The van der Waals surface area contributed by atoms with Crippen LogP contribution in [0.3, 0.4) is 0 Å². The summed E-state index contributed by atoms with van der Waals surface area (Å²) in [7, 11) is 0. The Hall–Kier alpha value is -2.19. The van der Waals surface area contributed by atoms with Gasteiger partial charge in [0, 0.05) is 6.20 Å². The Balaban J connectivity index is 2.47. The van der Waals surface area contributed by atoms with E-state index in [0.29, 0.717) is 27.3 Å². The summed E-state index contributed by atoms with van der Waals surface area (Å²) in [6, 6.07) is 3.81. The van der Waals surface area contributed by atoms with E-state index >= 15 is 0 Å². The fraction of sp³-hybridized carbons (Fsp3) is 0.214. The molecule has 6 heteroatoms. The maximum absolute atomic E-state index is 13.6. The molecule has 20 heavy (non-hydrogen) atoms. The molecule has 2 rings (SSSR count). The molecule has 0 radical (unpaired) electrons. The van der Waals surface area contributed by atoms with Crippen molar-refractivity contribution in [3.05, 3.63) is 46.8 Å². The van der Waals surface area contributed by atoms with Crippen molar-refractivity contribution in [1.29, 1.82) is 5.26 Å². The zero-order valence-corrected chi connectivity index (χ0v) is 11.8. The first-order chi connectivity index (χ1) is 9.58. The molecule has 0 bridgehead atoms. The predicted molar refractivity (Wildman–Crippen MR) is 75.7 cm³/mol. The first-order valence-corrected chi connectivity index (χ1v) is 6.33. The lowest BCUT2D eigenvalue weighted by Crippen LogP contribution is -2.02. The molecule has 2 aromatic rings. The van der Waals surface area contributed by atoms with Crippen LogP contribution in [0.5, 0.6) is 0 Å². The molecule has 0 N–H and O–H groups in total. The molecule has 4 nitrogen and oxygen atoms in total. The molecule has 102 valence electrons. The van der Waals surface area contributed by atoms with Gasteiger partial charge in [-0.05, 0) is 25.5 Å². The van der Waals surface area contributed by atoms with E-state index in [4.69, 9.17) is 11.6 Å². The third kappa shape index (κ3) is 2.56. The minimum Gasteiger partial charge on any atom is -0.327 e. The largest absolute Gasteiger partial charge is 0.327 e. The van der Waals surface area contributed by atoms with Gasteiger partial charge in [0.1, 0.15) is 23.0 Å². The molecular weight excluding hydrogens is 279 g/mol. The normalized spacial score (nSPS) is 13.2. The third-order valence-electron chi connectivity index (χ3n) is 3.04. The molecule has 0 aliphatic heterocycles. The van der Waals surface area contributed by atoms with E-state index in [1.54, 1.807) is 30.7 Å². The van der Waals surface area contributed by atoms with E-state index in [1.165, 1.54) is 12.4 Å². The summed E-state index contributed by atoms with van der Waals surface area (Å²) >= 11 is 5.97. The van der Waals surface area contributed by atoms with Crippen molar-refractivity contribution >= 4 is 22.6 Å². The van der Waals surface area contributed by atoms with E-state index < -0.39 is 5.83 Å². The van der Waals surface area contributed by atoms with Crippen molar-refractivity contribution in [1.82, 2.24) is 14.5 Å². The molecule has 0 saturated heterocycles. The van der Waals surface area contributed by atoms with Crippen LogP contribution in [-0.2, 0) is 6.54 Å². The zero-order chi connectivity index (χ0) is 14.7. The molecular formula is C14H12ClFN4. The number of halogens is 2. The van der Waals surface area contributed by atoms with E-state index in [2.05, 4.69) is 9.97 Å². The molecule has 0 aromatic carbocycles. The molecule has 0 saturated carbocycles. The molecule has 0 fully saturated rings. The van der Waals surface area contributed by atoms with Crippen LogP contribution < -0.4 is 0 Å². The number of rotatable bonds is 3. The predicted octanol–water partition coefficient (Wildman–Crippen LogP) is 3.80. The smallest absolute Gasteiger partial charge is 0.145 e. The fourth-order valence-electron chi connectivity index (χ4n) is 1.87. The lowest BCUT2D eigenvalue weighted by molar-refractivity contribution is 0.644. The van der Waals surface area contributed by atoms with Gasteiger partial charge in [0.05, 0.1) is 23.6 Å². The third-order valence-corrected chi connectivity index (χ3v) is 3.34. The van der Waals surface area contributed by atoms with Crippen molar-refractivity contribution in [2.75, 3.05) is 0 Å². The van der Waals surface area contributed by atoms with Crippen molar-refractivity contribution in [3.8, 4) is 6.07 Å². The van der Waals surface area contributed by atoms with E-state index in [-0.39, 0.29) is 6.54 Å². The average Bonchev–Trinajstić information content (AvgIpc) is 2.87. The van der Waals surface area contributed by atoms with Gasteiger partial charge >= 0.3 is 0 Å². The summed E-state index contributed by atoms with van der Waals surface area (Å²) in [5.41, 5.74) is 1.29. The van der Waals surface area contributed by atoms with E-state index in [0.717, 1.165) is 0 Å². The minimum absolute atomic E-state index is 0.237. The molecule has 2 heterocycles. The first kappa shape index (κ1) is 14.2. The highest BCUT2D eigenvalue weighted by atomic mass is 35.5. The molecule has 0 unspecified atom stereocenters. The van der Waals surface area contributed by atoms with Crippen molar-refractivity contribution in [2.45, 2.75) is 20.4 Å². The molecule has 0 aliphatic carbocycles. The number of hydrogen-bond acceptors (Lipinski definition) is 3. The Morgan fingerprint density at radius 1 is 1.55 bits per heavy atom. The van der Waals surface area contributed by atoms with Gasteiger partial charge in [-0.15, -0.1) is 0 Å². The van der Waals surface area contributed by atoms with Gasteiger partial charge in [-0.2, -0.15) is 5.26 Å². The van der Waals surface area contributed by atoms with Gasteiger partial charge in [-0.1, -0.05) is 17.7 Å². The SMILES string of the molecule is CC=C(F)C(C)=C(C#N)Cn1ccc2c(Cl)ncnc21. The second-order valence-electron chi connectivity index (χ2n) is 4.20. The maximum Gasteiger partial charge on any atom is 0.145 e. The average molecular weight is 291 g/mol. The van der Waals surface area contributed by atoms with Crippen LogP contribution in [0.4, 0.5) is 4.39 Å². The lowest BCUT2D eigenvalue weighted by Gasteiger charge is -2.06. The highest BCUT2D eigenvalue weighted by Crippen LogP contribution is 2.22. The minimum atomic E-state index is -0.398. The fourth-order valence-corrected chi connectivity index (χ4v) is 2.06. The van der Waals surface area contributed by atoms with Gasteiger partial charge in [0.2, 0.25) is 0 Å². The summed E-state index contributed by atoms with van der Waals surface area (Å²) in [6.07, 6.45) is 4.44. The van der Waals surface area contributed by atoms with Gasteiger partial charge in [-0.25, -0.2) is 14.4 Å². The number of nitrogens with zero attached hydrogens (tertiary/aromatic N) is 4. The van der Waals surface area contributed by atoms with Crippen LogP contribution in [0.15, 0.2) is 41.6 Å². The molecule has 0 spiro atoms. The number of fused-ring (bicyclic) bond motifs is 1. The zero-order valence-electron chi connectivity index (χ0n) is 11.1. The monoisotopic (exact) mass is 290 g/mol. The Morgan fingerprint density at radius 2 is 2.30 bits per heavy atom. The van der Waals surface area contributed by atoms with Crippen LogP contribution >= 0.6 is 11.6 Å². The quantitative estimate of drug-likeness (QED) is 0.491. The lowest BCUT2D eigenvalue weighted by atomic mass is 10.1. The van der Waals surface area contributed by atoms with E-state index in [9.17, 15) is 9.65 Å². The number of nitriles is 1. The summed E-state index contributed by atoms with van der Waals surface area (Å²) in [5.74, 6) is -0.398. The Morgan fingerprint density at radius 3 is 2.95 bits per heavy atom. The Kier molecular flexibility index (Phi) is 4.16. The second kappa shape index (κ2) is 5.85. The van der Waals surface area contributed by atoms with Gasteiger partial charge in [-0.3, -0.25) is 0 Å². The highest BCUT2D eigenvalue weighted by molar-refractivity contribution is 6.33. The second-order valence-corrected chi connectivity index (χ2v) is 4.56. The maximum atomic E-state index is 13.6. The molecule has 0 aliphatic rings. The topological polar surface area (TPSA) is 54.5 Å². The van der Waals surface area contributed by atoms with Crippen LogP contribution in [0.25, 0.3) is 11.0 Å². The standard InChI is InChI=1S/C14H12ClFN4/c1-3-12(16)9(2)10(6-17)7-20-5-4-11-13(15)18-8-19-14(11)20/h3-5,8H,7H2,1-2H3. The summed E-state index contributed by atoms with van der Waals surface area (Å²) in [5, 5.41) is 10.3. The first-order valence-electron chi connectivity index (χ1n) is 5.95. The van der Waals surface area contributed by atoms with E-state index in [1.807, 2.05) is 6.07 Å². The Bertz CT molecular complexity index is 752. The highest BCUT2D eigenvalue weighted by Gasteiger charge is 2.11. The summed E-state index contributed by atoms with van der Waals surface area (Å²) in [4.78, 5) is 8.03.